The third kappa shape index (κ3) is 3.30. The number of hydrogen-bond donors (Lipinski definition) is 0. The smallest absolute Gasteiger partial charge is 0.144 e. The van der Waals surface area contributed by atoms with Gasteiger partial charge in [-0.1, -0.05) is 32.4 Å². The zero-order valence-electron chi connectivity index (χ0n) is 10.3. The van der Waals surface area contributed by atoms with Gasteiger partial charge in [0.2, 0.25) is 0 Å². The SMILES string of the molecule is CC(C)c1cc(Cl)nc(C2SCCSC2C)n1. The van der Waals surface area contributed by atoms with E-state index in [4.69, 9.17) is 11.6 Å². The fraction of sp³-hybridized carbons (Fsp3) is 0.667. The van der Waals surface area contributed by atoms with Crippen LogP contribution >= 0.6 is 35.1 Å². The number of nitrogens with zero attached hydrogens (tertiary/aromatic N) is 2. The number of halogens is 1. The molecule has 1 aliphatic heterocycles. The van der Waals surface area contributed by atoms with Gasteiger partial charge < -0.3 is 0 Å². The second kappa shape index (κ2) is 5.81. The largest absolute Gasteiger partial charge is 0.236 e. The molecule has 17 heavy (non-hydrogen) atoms. The fourth-order valence-electron chi connectivity index (χ4n) is 1.79. The molecule has 1 aromatic rings. The van der Waals surface area contributed by atoms with Crippen LogP contribution in [0.1, 0.15) is 43.5 Å². The summed E-state index contributed by atoms with van der Waals surface area (Å²) in [6, 6.07) is 1.88. The minimum atomic E-state index is 0.380. The first kappa shape index (κ1) is 13.5. The van der Waals surface area contributed by atoms with Crippen LogP contribution in [0.4, 0.5) is 0 Å². The highest BCUT2D eigenvalue weighted by atomic mass is 35.5. The van der Waals surface area contributed by atoms with Crippen molar-refractivity contribution in [3.05, 3.63) is 22.7 Å². The molecule has 5 heteroatoms. The Bertz CT molecular complexity index is 398. The molecule has 1 fully saturated rings. The maximum atomic E-state index is 6.09. The lowest BCUT2D eigenvalue weighted by molar-refractivity contribution is 0.759. The van der Waals surface area contributed by atoms with E-state index in [-0.39, 0.29) is 0 Å². The molecule has 2 unspecified atom stereocenters. The predicted octanol–water partition coefficient (Wildman–Crippen LogP) is 4.16. The van der Waals surface area contributed by atoms with Gasteiger partial charge in [-0.25, -0.2) is 9.97 Å². The van der Waals surface area contributed by atoms with Gasteiger partial charge in [0, 0.05) is 22.4 Å². The lowest BCUT2D eigenvalue weighted by atomic mass is 10.1. The average Bonchev–Trinajstić information content (AvgIpc) is 2.28. The molecule has 0 bridgehead atoms. The van der Waals surface area contributed by atoms with Crippen LogP contribution in [0.2, 0.25) is 5.15 Å². The van der Waals surface area contributed by atoms with Crippen LogP contribution in [0.15, 0.2) is 6.07 Å². The Morgan fingerprint density at radius 2 is 2.00 bits per heavy atom. The van der Waals surface area contributed by atoms with Crippen molar-refractivity contribution in [1.29, 1.82) is 0 Å². The predicted molar refractivity (Wildman–Crippen MR) is 78.3 cm³/mol. The summed E-state index contributed by atoms with van der Waals surface area (Å²) in [5, 5.41) is 1.51. The monoisotopic (exact) mass is 288 g/mol. The van der Waals surface area contributed by atoms with Gasteiger partial charge in [-0.2, -0.15) is 11.8 Å². The van der Waals surface area contributed by atoms with E-state index in [0.717, 1.165) is 11.5 Å². The fourth-order valence-corrected chi connectivity index (χ4v) is 4.68. The molecular weight excluding hydrogens is 272 g/mol. The highest BCUT2D eigenvalue weighted by Crippen LogP contribution is 2.41. The number of aromatic nitrogens is 2. The van der Waals surface area contributed by atoms with E-state index in [1.807, 2.05) is 29.6 Å². The summed E-state index contributed by atoms with van der Waals surface area (Å²) in [7, 11) is 0. The summed E-state index contributed by atoms with van der Waals surface area (Å²) in [6.07, 6.45) is 0. The van der Waals surface area contributed by atoms with Crippen molar-refractivity contribution in [3.63, 3.8) is 0 Å². The number of thioether (sulfide) groups is 2. The van der Waals surface area contributed by atoms with Crippen molar-refractivity contribution >= 4 is 35.1 Å². The van der Waals surface area contributed by atoms with Gasteiger partial charge in [-0.05, 0) is 12.0 Å². The average molecular weight is 289 g/mol. The minimum absolute atomic E-state index is 0.380. The van der Waals surface area contributed by atoms with E-state index in [1.165, 1.54) is 11.5 Å². The van der Waals surface area contributed by atoms with Crippen molar-refractivity contribution in [2.45, 2.75) is 37.2 Å². The normalized spacial score (nSPS) is 25.2. The number of rotatable bonds is 2. The van der Waals surface area contributed by atoms with Crippen LogP contribution in [0.5, 0.6) is 0 Å². The van der Waals surface area contributed by atoms with Gasteiger partial charge in [0.15, 0.2) is 0 Å². The molecule has 2 nitrogen and oxygen atoms in total. The molecule has 2 rings (SSSR count). The molecule has 0 radical (unpaired) electrons. The third-order valence-electron chi connectivity index (χ3n) is 2.77. The van der Waals surface area contributed by atoms with E-state index >= 15 is 0 Å². The molecule has 0 amide bonds. The third-order valence-corrected chi connectivity index (χ3v) is 6.05. The molecule has 0 aliphatic carbocycles. The second-order valence-electron chi connectivity index (χ2n) is 4.50. The van der Waals surface area contributed by atoms with Gasteiger partial charge >= 0.3 is 0 Å². The molecule has 2 atom stereocenters. The zero-order valence-corrected chi connectivity index (χ0v) is 12.7. The summed E-state index contributed by atoms with van der Waals surface area (Å²) in [4.78, 5) is 9.09. The summed E-state index contributed by atoms with van der Waals surface area (Å²) >= 11 is 10.0. The summed E-state index contributed by atoms with van der Waals surface area (Å²) in [5.74, 6) is 3.70. The molecule has 1 saturated heterocycles. The van der Waals surface area contributed by atoms with Gasteiger partial charge in [0.25, 0.3) is 0 Å². The molecule has 1 aromatic heterocycles. The zero-order chi connectivity index (χ0) is 12.4. The van der Waals surface area contributed by atoms with Gasteiger partial charge in [0.1, 0.15) is 11.0 Å². The van der Waals surface area contributed by atoms with Crippen LogP contribution in [0.25, 0.3) is 0 Å². The van der Waals surface area contributed by atoms with Crippen LogP contribution in [0, 0.1) is 0 Å². The molecule has 0 aromatic carbocycles. The van der Waals surface area contributed by atoms with Gasteiger partial charge in [-0.15, -0.1) is 11.8 Å². The first-order chi connectivity index (χ1) is 8.08. The van der Waals surface area contributed by atoms with Crippen LogP contribution in [-0.4, -0.2) is 26.7 Å². The Labute approximate surface area is 116 Å². The van der Waals surface area contributed by atoms with Crippen LogP contribution < -0.4 is 0 Å². The van der Waals surface area contributed by atoms with Crippen molar-refractivity contribution in [2.75, 3.05) is 11.5 Å². The van der Waals surface area contributed by atoms with Crippen molar-refractivity contribution in [1.82, 2.24) is 9.97 Å². The highest BCUT2D eigenvalue weighted by molar-refractivity contribution is 8.06. The molecule has 0 saturated carbocycles. The van der Waals surface area contributed by atoms with Crippen LogP contribution in [-0.2, 0) is 0 Å². The topological polar surface area (TPSA) is 25.8 Å². The van der Waals surface area contributed by atoms with E-state index in [0.29, 0.717) is 21.6 Å². The standard InChI is InChI=1S/C12H17ClN2S2/c1-7(2)9-6-10(13)15-12(14-9)11-8(3)16-4-5-17-11/h6-8,11H,4-5H2,1-3H3. The number of hydrogen-bond acceptors (Lipinski definition) is 4. The van der Waals surface area contributed by atoms with E-state index in [2.05, 4.69) is 30.7 Å². The van der Waals surface area contributed by atoms with Crippen molar-refractivity contribution in [3.8, 4) is 0 Å². The Morgan fingerprint density at radius 1 is 1.29 bits per heavy atom. The van der Waals surface area contributed by atoms with Crippen molar-refractivity contribution in [2.24, 2.45) is 0 Å². The van der Waals surface area contributed by atoms with E-state index in [9.17, 15) is 0 Å². The van der Waals surface area contributed by atoms with Gasteiger partial charge in [0.05, 0.1) is 5.25 Å². The van der Waals surface area contributed by atoms with Crippen LogP contribution in [0.3, 0.4) is 0 Å². The van der Waals surface area contributed by atoms with E-state index in [1.54, 1.807) is 0 Å². The maximum absolute atomic E-state index is 6.09. The quantitative estimate of drug-likeness (QED) is 0.763. The first-order valence-corrected chi connectivity index (χ1v) is 8.33. The summed E-state index contributed by atoms with van der Waals surface area (Å²) in [6.45, 7) is 6.52. The molecule has 0 spiro atoms. The molecular formula is C12H17ClN2S2. The maximum Gasteiger partial charge on any atom is 0.144 e. The van der Waals surface area contributed by atoms with Gasteiger partial charge in [-0.3, -0.25) is 0 Å². The first-order valence-electron chi connectivity index (χ1n) is 5.85. The lowest BCUT2D eigenvalue weighted by Crippen LogP contribution is -2.19. The Morgan fingerprint density at radius 3 is 2.65 bits per heavy atom. The summed E-state index contributed by atoms with van der Waals surface area (Å²) < 4.78 is 0. The molecule has 1 aliphatic rings. The Hall–Kier alpha value is 0.0700. The molecule has 2 heterocycles. The Kier molecular flexibility index (Phi) is 4.61. The van der Waals surface area contributed by atoms with Crippen molar-refractivity contribution < 1.29 is 0 Å². The highest BCUT2D eigenvalue weighted by Gasteiger charge is 2.27. The Balaban J connectivity index is 2.30. The summed E-state index contributed by atoms with van der Waals surface area (Å²) in [5.41, 5.74) is 1.04. The minimum Gasteiger partial charge on any atom is -0.236 e. The van der Waals surface area contributed by atoms with E-state index < -0.39 is 0 Å². The lowest BCUT2D eigenvalue weighted by Gasteiger charge is -2.27. The second-order valence-corrected chi connectivity index (χ2v) is 7.62. The molecule has 0 N–H and O–H groups in total. The molecule has 94 valence electrons.